The molecule has 1 amide bonds. The Labute approximate surface area is 185 Å². The summed E-state index contributed by atoms with van der Waals surface area (Å²) < 4.78 is 76.6. The molecule has 12 heteroatoms. The molecule has 1 aliphatic carbocycles. The van der Waals surface area contributed by atoms with Crippen LogP contribution >= 0.6 is 0 Å². The first kappa shape index (κ1) is 25.0. The molecular weight excluding hydrogens is 453 g/mol. The maximum Gasteiger partial charge on any atom is 0.389 e. The van der Waals surface area contributed by atoms with Crippen LogP contribution in [0.3, 0.4) is 0 Å². The van der Waals surface area contributed by atoms with Crippen LogP contribution in [-0.2, 0) is 29.5 Å². The standard InChI is InChI=1S/C20H29F3N2O6S/c1-18(2,32(27,28)11-5-7-20(21,22)23)17(26)24-15-12-14(25-31-15)19(8-9-19)13-30-16-6-3-4-10-29-16/h12,16H,3-11,13H2,1-2H3,(H,24,26). The lowest BCUT2D eigenvalue weighted by atomic mass is 10.0. The molecule has 1 N–H and O–H groups in total. The molecule has 2 aliphatic rings. The van der Waals surface area contributed by atoms with Crippen molar-refractivity contribution in [2.75, 3.05) is 24.3 Å². The fourth-order valence-corrected chi connectivity index (χ4v) is 4.79. The van der Waals surface area contributed by atoms with E-state index < -0.39 is 45.3 Å². The van der Waals surface area contributed by atoms with Gasteiger partial charge in [0.1, 0.15) is 4.75 Å². The number of aromatic nitrogens is 1. The number of alkyl halides is 3. The van der Waals surface area contributed by atoms with Crippen molar-refractivity contribution >= 4 is 21.6 Å². The number of nitrogens with zero attached hydrogens (tertiary/aromatic N) is 1. The molecule has 8 nitrogen and oxygen atoms in total. The lowest BCUT2D eigenvalue weighted by molar-refractivity contribution is -0.166. The van der Waals surface area contributed by atoms with E-state index in [1.54, 1.807) is 0 Å². The Balaban J connectivity index is 1.57. The summed E-state index contributed by atoms with van der Waals surface area (Å²) >= 11 is 0. The largest absolute Gasteiger partial charge is 0.389 e. The van der Waals surface area contributed by atoms with E-state index >= 15 is 0 Å². The maximum absolute atomic E-state index is 12.6. The maximum atomic E-state index is 12.6. The van der Waals surface area contributed by atoms with Crippen molar-refractivity contribution in [2.24, 2.45) is 0 Å². The van der Waals surface area contributed by atoms with Crippen LogP contribution in [0, 0.1) is 0 Å². The molecule has 2 fully saturated rings. The quantitative estimate of drug-likeness (QED) is 0.541. The number of nitrogens with one attached hydrogen (secondary N) is 1. The van der Waals surface area contributed by atoms with E-state index in [9.17, 15) is 26.4 Å². The Morgan fingerprint density at radius 1 is 1.31 bits per heavy atom. The molecule has 2 heterocycles. The molecule has 1 saturated carbocycles. The zero-order valence-corrected chi connectivity index (χ0v) is 19.0. The molecule has 1 saturated heterocycles. The number of hydrogen-bond acceptors (Lipinski definition) is 7. The van der Waals surface area contributed by atoms with Gasteiger partial charge in [0.2, 0.25) is 11.8 Å². The Hall–Kier alpha value is -1.66. The van der Waals surface area contributed by atoms with Crippen molar-refractivity contribution in [2.45, 2.75) is 81.4 Å². The predicted octanol–water partition coefficient (Wildman–Crippen LogP) is 3.72. The SMILES string of the molecule is CC(C)(C(=O)Nc1cc(C2(COC3CCCCO3)CC2)no1)S(=O)(=O)CCCC(F)(F)F. The minimum Gasteiger partial charge on any atom is -0.353 e. The van der Waals surface area contributed by atoms with E-state index in [-0.39, 0.29) is 17.6 Å². The van der Waals surface area contributed by atoms with E-state index in [0.717, 1.165) is 46.0 Å². The van der Waals surface area contributed by atoms with Crippen LogP contribution < -0.4 is 5.32 Å². The molecule has 0 spiro atoms. The van der Waals surface area contributed by atoms with E-state index in [0.29, 0.717) is 18.9 Å². The minimum absolute atomic E-state index is 0.0243. The highest BCUT2D eigenvalue weighted by Gasteiger charge is 2.48. The first-order valence-corrected chi connectivity index (χ1v) is 12.3. The lowest BCUT2D eigenvalue weighted by Gasteiger charge is -2.24. The van der Waals surface area contributed by atoms with Crippen LogP contribution in [0.15, 0.2) is 10.6 Å². The molecule has 0 radical (unpaired) electrons. The normalized spacial score (nSPS) is 21.3. The number of sulfone groups is 1. The van der Waals surface area contributed by atoms with Crippen molar-refractivity contribution in [3.8, 4) is 0 Å². The summed E-state index contributed by atoms with van der Waals surface area (Å²) in [6.45, 7) is 3.38. The zero-order chi connectivity index (χ0) is 23.6. The highest BCUT2D eigenvalue weighted by Crippen LogP contribution is 2.48. The third-order valence-electron chi connectivity index (χ3n) is 6.02. The molecule has 1 aromatic heterocycles. The second-order valence-electron chi connectivity index (χ2n) is 8.97. The molecule has 3 rings (SSSR count). The smallest absolute Gasteiger partial charge is 0.353 e. The average Bonchev–Trinajstić information content (AvgIpc) is 3.36. The van der Waals surface area contributed by atoms with Gasteiger partial charge in [-0.3, -0.25) is 10.1 Å². The molecule has 0 aromatic carbocycles. The summed E-state index contributed by atoms with van der Waals surface area (Å²) in [7, 11) is -4.14. The number of ether oxygens (including phenoxy) is 2. The third-order valence-corrected chi connectivity index (χ3v) is 8.59. The summed E-state index contributed by atoms with van der Waals surface area (Å²) in [5.74, 6) is -1.68. The summed E-state index contributed by atoms with van der Waals surface area (Å²) in [5.41, 5.74) is 0.265. The summed E-state index contributed by atoms with van der Waals surface area (Å²) in [6, 6.07) is 1.53. The van der Waals surface area contributed by atoms with Gasteiger partial charge in [-0.25, -0.2) is 8.42 Å². The number of rotatable bonds is 10. The van der Waals surface area contributed by atoms with Gasteiger partial charge in [0.25, 0.3) is 0 Å². The van der Waals surface area contributed by atoms with E-state index in [4.69, 9.17) is 14.0 Å². The molecular formula is C20H29F3N2O6S. The van der Waals surface area contributed by atoms with Crippen LogP contribution in [0.4, 0.5) is 19.1 Å². The van der Waals surface area contributed by atoms with E-state index in [1.165, 1.54) is 6.07 Å². The van der Waals surface area contributed by atoms with Gasteiger partial charge in [-0.05, 0) is 52.4 Å². The first-order chi connectivity index (χ1) is 14.8. The topological polar surface area (TPSA) is 108 Å². The van der Waals surface area contributed by atoms with E-state index in [1.807, 2.05) is 0 Å². The number of hydrogen-bond donors (Lipinski definition) is 1. The number of anilines is 1. The van der Waals surface area contributed by atoms with Crippen molar-refractivity contribution in [3.05, 3.63) is 11.8 Å². The summed E-state index contributed by atoms with van der Waals surface area (Å²) in [6.07, 6.45) is -1.97. The Bertz CT molecular complexity index is 903. The molecule has 182 valence electrons. The molecule has 1 atom stereocenters. The van der Waals surface area contributed by atoms with Crippen LogP contribution in [0.5, 0.6) is 0 Å². The Morgan fingerprint density at radius 2 is 2.03 bits per heavy atom. The van der Waals surface area contributed by atoms with Crippen molar-refractivity contribution in [3.63, 3.8) is 0 Å². The van der Waals surface area contributed by atoms with Gasteiger partial charge in [0.15, 0.2) is 16.1 Å². The fourth-order valence-electron chi connectivity index (χ4n) is 3.43. The van der Waals surface area contributed by atoms with Gasteiger partial charge in [0.05, 0.1) is 18.1 Å². The van der Waals surface area contributed by atoms with Crippen molar-refractivity contribution in [1.82, 2.24) is 5.16 Å². The third kappa shape index (κ3) is 6.02. The van der Waals surface area contributed by atoms with Gasteiger partial charge in [0, 0.05) is 24.5 Å². The predicted molar refractivity (Wildman–Crippen MR) is 109 cm³/mol. The highest BCUT2D eigenvalue weighted by atomic mass is 32.2. The molecule has 1 unspecified atom stereocenters. The average molecular weight is 483 g/mol. The van der Waals surface area contributed by atoms with Crippen LogP contribution in [0.25, 0.3) is 0 Å². The van der Waals surface area contributed by atoms with E-state index in [2.05, 4.69) is 10.5 Å². The molecule has 1 aliphatic heterocycles. The second kappa shape index (κ2) is 9.30. The minimum atomic E-state index is -4.45. The van der Waals surface area contributed by atoms with Gasteiger partial charge in [-0.1, -0.05) is 5.16 Å². The second-order valence-corrected chi connectivity index (χ2v) is 11.6. The van der Waals surface area contributed by atoms with Gasteiger partial charge in [-0.15, -0.1) is 0 Å². The van der Waals surface area contributed by atoms with Gasteiger partial charge < -0.3 is 14.0 Å². The molecule has 32 heavy (non-hydrogen) atoms. The number of halogens is 3. The van der Waals surface area contributed by atoms with Crippen molar-refractivity contribution < 1.29 is 40.4 Å². The van der Waals surface area contributed by atoms with Crippen LogP contribution in [0.1, 0.15) is 64.5 Å². The summed E-state index contributed by atoms with van der Waals surface area (Å²) in [5, 5.41) is 6.39. The Morgan fingerprint density at radius 3 is 2.62 bits per heavy atom. The van der Waals surface area contributed by atoms with Crippen molar-refractivity contribution in [1.29, 1.82) is 0 Å². The Kier molecular flexibility index (Phi) is 7.26. The van der Waals surface area contributed by atoms with Crippen LogP contribution in [0.2, 0.25) is 0 Å². The first-order valence-electron chi connectivity index (χ1n) is 10.7. The molecule has 0 bridgehead atoms. The number of carbonyl (C=O) groups is 1. The highest BCUT2D eigenvalue weighted by molar-refractivity contribution is 7.93. The summed E-state index contributed by atoms with van der Waals surface area (Å²) in [4.78, 5) is 12.6. The number of amides is 1. The van der Waals surface area contributed by atoms with Gasteiger partial charge >= 0.3 is 6.18 Å². The monoisotopic (exact) mass is 482 g/mol. The van der Waals surface area contributed by atoms with Gasteiger partial charge in [-0.2, -0.15) is 13.2 Å². The fraction of sp³-hybridized carbons (Fsp3) is 0.800. The number of carbonyl (C=O) groups excluding carboxylic acids is 1. The van der Waals surface area contributed by atoms with Crippen LogP contribution in [-0.4, -0.2) is 55.7 Å². The zero-order valence-electron chi connectivity index (χ0n) is 18.2. The molecule has 1 aromatic rings. The lowest BCUT2D eigenvalue weighted by Crippen LogP contribution is -2.45.